The lowest BCUT2D eigenvalue weighted by atomic mass is 10.1. The normalized spacial score (nSPS) is 12.1. The molecular weight excluding hydrogens is 478 g/mol. The number of sulfone groups is 1. The van der Waals surface area contributed by atoms with E-state index in [1.807, 2.05) is 0 Å². The molecule has 35 heavy (non-hydrogen) atoms. The summed E-state index contributed by atoms with van der Waals surface area (Å²) in [5, 5.41) is 16.5. The smallest absolute Gasteiger partial charge is 0.271 e. The molecule has 3 aromatic rings. The number of nitrogens with one attached hydrogen (secondary N) is 2. The molecule has 0 bridgehead atoms. The van der Waals surface area contributed by atoms with Crippen molar-refractivity contribution in [2.45, 2.75) is 11.4 Å². The van der Waals surface area contributed by atoms with E-state index in [0.717, 1.165) is 30.0 Å². The highest BCUT2D eigenvalue weighted by molar-refractivity contribution is 7.90. The Labute approximate surface area is 199 Å². The molecule has 0 spiro atoms. The number of nitro groups is 1. The zero-order valence-corrected chi connectivity index (χ0v) is 19.1. The Morgan fingerprint density at radius 2 is 1.74 bits per heavy atom. The fourth-order valence-corrected chi connectivity index (χ4v) is 4.02. The fraction of sp³-hybridized carbons (Fsp3) is 0.130. The van der Waals surface area contributed by atoms with Gasteiger partial charge in [0, 0.05) is 30.5 Å². The van der Waals surface area contributed by atoms with E-state index in [1.54, 1.807) is 30.3 Å². The molecule has 2 amide bonds. The van der Waals surface area contributed by atoms with Gasteiger partial charge in [0.1, 0.15) is 0 Å². The van der Waals surface area contributed by atoms with Gasteiger partial charge in [-0.1, -0.05) is 18.2 Å². The summed E-state index contributed by atoms with van der Waals surface area (Å²) in [6, 6.07) is 14.3. The molecule has 1 heterocycles. The van der Waals surface area contributed by atoms with Crippen LogP contribution < -0.4 is 20.1 Å². The number of amides is 2. The standard InChI is InChI=1S/C23H19N3O8S/c1-35(31,32)17-10-15(9-16(11-17)26(29)30)22(27)25-19-5-3-2-4-18(19)23(28)24-12-14-6-7-20-21(8-14)34-13-33-20/h2-11H,12-13H2,1H3,(H,24,28)(H,25,27). The van der Waals surface area contributed by atoms with Crippen molar-refractivity contribution in [3.63, 3.8) is 0 Å². The number of carbonyl (C=O) groups excluding carboxylic acids is 2. The fourth-order valence-electron chi connectivity index (χ4n) is 3.35. The van der Waals surface area contributed by atoms with Crippen LogP contribution in [-0.2, 0) is 16.4 Å². The van der Waals surface area contributed by atoms with Crippen LogP contribution in [0.2, 0.25) is 0 Å². The van der Waals surface area contributed by atoms with Gasteiger partial charge in [0.15, 0.2) is 21.3 Å². The van der Waals surface area contributed by atoms with Crippen LogP contribution in [0.5, 0.6) is 11.5 Å². The maximum Gasteiger partial charge on any atom is 0.271 e. The van der Waals surface area contributed by atoms with Gasteiger partial charge < -0.3 is 20.1 Å². The minimum Gasteiger partial charge on any atom is -0.454 e. The number of carbonyl (C=O) groups is 2. The van der Waals surface area contributed by atoms with Gasteiger partial charge in [-0.25, -0.2) is 8.42 Å². The highest BCUT2D eigenvalue weighted by Gasteiger charge is 2.21. The average Bonchev–Trinajstić information content (AvgIpc) is 3.30. The Morgan fingerprint density at radius 3 is 2.49 bits per heavy atom. The lowest BCUT2D eigenvalue weighted by Crippen LogP contribution is -2.25. The van der Waals surface area contributed by atoms with Gasteiger partial charge in [0.2, 0.25) is 6.79 Å². The van der Waals surface area contributed by atoms with Crippen LogP contribution in [0.4, 0.5) is 11.4 Å². The number of benzene rings is 3. The highest BCUT2D eigenvalue weighted by atomic mass is 32.2. The molecular formula is C23H19N3O8S. The molecule has 180 valence electrons. The lowest BCUT2D eigenvalue weighted by molar-refractivity contribution is -0.385. The molecule has 1 aliphatic rings. The summed E-state index contributed by atoms with van der Waals surface area (Å²) in [6.07, 6.45) is 0.882. The molecule has 4 rings (SSSR count). The van der Waals surface area contributed by atoms with E-state index in [4.69, 9.17) is 9.47 Å². The van der Waals surface area contributed by atoms with Crippen LogP contribution in [-0.4, -0.2) is 38.2 Å². The molecule has 2 N–H and O–H groups in total. The molecule has 3 aromatic carbocycles. The third kappa shape index (κ3) is 5.38. The number of anilines is 1. The van der Waals surface area contributed by atoms with Crippen LogP contribution in [0, 0.1) is 10.1 Å². The van der Waals surface area contributed by atoms with E-state index < -0.39 is 32.3 Å². The predicted octanol–water partition coefficient (Wildman–Crippen LogP) is 2.91. The van der Waals surface area contributed by atoms with Crippen molar-refractivity contribution < 1.29 is 32.4 Å². The zero-order chi connectivity index (χ0) is 25.2. The largest absolute Gasteiger partial charge is 0.454 e. The Kier molecular flexibility index (Phi) is 6.38. The number of ether oxygens (including phenoxy) is 2. The molecule has 11 nitrogen and oxygen atoms in total. The van der Waals surface area contributed by atoms with E-state index in [9.17, 15) is 28.1 Å². The molecule has 1 aliphatic heterocycles. The molecule has 0 fully saturated rings. The molecule has 0 aromatic heterocycles. The Morgan fingerprint density at radius 1 is 1.00 bits per heavy atom. The minimum atomic E-state index is -3.81. The number of fused-ring (bicyclic) bond motifs is 1. The van der Waals surface area contributed by atoms with Crippen LogP contribution in [0.1, 0.15) is 26.3 Å². The minimum absolute atomic E-state index is 0.133. The Balaban J connectivity index is 1.53. The topological polar surface area (TPSA) is 154 Å². The van der Waals surface area contributed by atoms with Crippen molar-refractivity contribution >= 4 is 33.0 Å². The van der Waals surface area contributed by atoms with Crippen molar-refractivity contribution in [2.24, 2.45) is 0 Å². The first-order valence-electron chi connectivity index (χ1n) is 10.2. The van der Waals surface area contributed by atoms with Crippen LogP contribution >= 0.6 is 0 Å². The van der Waals surface area contributed by atoms with Gasteiger partial charge in [0.05, 0.1) is 21.1 Å². The van der Waals surface area contributed by atoms with Gasteiger partial charge in [-0.05, 0) is 35.9 Å². The monoisotopic (exact) mass is 497 g/mol. The number of para-hydroxylation sites is 1. The van der Waals surface area contributed by atoms with Crippen molar-refractivity contribution in [2.75, 3.05) is 18.4 Å². The summed E-state index contributed by atoms with van der Waals surface area (Å²) >= 11 is 0. The van der Waals surface area contributed by atoms with E-state index in [0.29, 0.717) is 11.5 Å². The van der Waals surface area contributed by atoms with Gasteiger partial charge in [-0.2, -0.15) is 0 Å². The zero-order valence-electron chi connectivity index (χ0n) is 18.3. The number of hydrogen-bond acceptors (Lipinski definition) is 8. The number of nitro benzene ring substituents is 1. The SMILES string of the molecule is CS(=O)(=O)c1cc(C(=O)Nc2ccccc2C(=O)NCc2ccc3c(c2)OCO3)cc([N+](=O)[O-])c1. The average molecular weight is 497 g/mol. The second-order valence-corrected chi connectivity index (χ2v) is 9.63. The third-order valence-electron chi connectivity index (χ3n) is 5.10. The quantitative estimate of drug-likeness (QED) is 0.373. The number of rotatable bonds is 7. The first kappa shape index (κ1) is 23.7. The molecule has 0 atom stereocenters. The summed E-state index contributed by atoms with van der Waals surface area (Å²) in [6.45, 7) is 0.314. The second-order valence-electron chi connectivity index (χ2n) is 7.61. The molecule has 0 unspecified atom stereocenters. The summed E-state index contributed by atoms with van der Waals surface area (Å²) < 4.78 is 34.4. The van der Waals surface area contributed by atoms with Crippen LogP contribution in [0.25, 0.3) is 0 Å². The number of non-ortho nitro benzene ring substituents is 1. The summed E-state index contributed by atoms with van der Waals surface area (Å²) in [5.41, 5.74) is 0.278. The first-order valence-corrected chi connectivity index (χ1v) is 12.1. The van der Waals surface area contributed by atoms with Gasteiger partial charge in [-0.15, -0.1) is 0 Å². The maximum absolute atomic E-state index is 12.8. The lowest BCUT2D eigenvalue weighted by Gasteiger charge is -2.12. The van der Waals surface area contributed by atoms with E-state index >= 15 is 0 Å². The van der Waals surface area contributed by atoms with Crippen molar-refractivity contribution in [1.82, 2.24) is 5.32 Å². The third-order valence-corrected chi connectivity index (χ3v) is 6.19. The highest BCUT2D eigenvalue weighted by Crippen LogP contribution is 2.32. The number of hydrogen-bond donors (Lipinski definition) is 2. The molecule has 0 aliphatic carbocycles. The van der Waals surface area contributed by atoms with Gasteiger partial charge in [0.25, 0.3) is 17.5 Å². The first-order chi connectivity index (χ1) is 16.6. The van der Waals surface area contributed by atoms with Crippen LogP contribution in [0.15, 0.2) is 65.6 Å². The van der Waals surface area contributed by atoms with Crippen molar-refractivity contribution in [3.05, 3.63) is 87.5 Å². The Hall–Kier alpha value is -4.45. The van der Waals surface area contributed by atoms with Crippen molar-refractivity contribution in [1.29, 1.82) is 0 Å². The molecule has 0 saturated heterocycles. The molecule has 0 radical (unpaired) electrons. The summed E-state index contributed by atoms with van der Waals surface area (Å²) in [5.74, 6) is -0.0906. The predicted molar refractivity (Wildman–Crippen MR) is 124 cm³/mol. The Bertz CT molecular complexity index is 1450. The van der Waals surface area contributed by atoms with Crippen molar-refractivity contribution in [3.8, 4) is 11.5 Å². The summed E-state index contributed by atoms with van der Waals surface area (Å²) in [4.78, 5) is 35.7. The maximum atomic E-state index is 12.8. The van der Waals surface area contributed by atoms with Crippen LogP contribution in [0.3, 0.4) is 0 Å². The van der Waals surface area contributed by atoms with E-state index in [1.165, 1.54) is 12.1 Å². The molecule has 0 saturated carbocycles. The van der Waals surface area contributed by atoms with E-state index in [-0.39, 0.29) is 35.0 Å². The summed E-state index contributed by atoms with van der Waals surface area (Å²) in [7, 11) is -3.81. The number of nitrogens with zero attached hydrogens (tertiary/aromatic N) is 1. The van der Waals surface area contributed by atoms with Gasteiger partial charge >= 0.3 is 0 Å². The molecule has 12 heteroatoms. The van der Waals surface area contributed by atoms with E-state index in [2.05, 4.69) is 10.6 Å². The van der Waals surface area contributed by atoms with Gasteiger partial charge in [-0.3, -0.25) is 19.7 Å². The second kappa shape index (κ2) is 9.43.